The van der Waals surface area contributed by atoms with E-state index in [1.165, 1.54) is 12.6 Å². The summed E-state index contributed by atoms with van der Waals surface area (Å²) in [5.41, 5.74) is 2.24. The van der Waals surface area contributed by atoms with Crippen molar-refractivity contribution in [3.05, 3.63) is 60.4 Å². The van der Waals surface area contributed by atoms with Gasteiger partial charge in [0.25, 0.3) is 0 Å². The molecule has 0 unspecified atom stereocenters. The number of aromatic nitrogens is 5. The molecule has 1 saturated heterocycles. The number of halogens is 1. The van der Waals surface area contributed by atoms with Gasteiger partial charge in [-0.25, -0.2) is 14.4 Å². The van der Waals surface area contributed by atoms with Crippen molar-refractivity contribution in [2.45, 2.75) is 26.2 Å². The average Bonchev–Trinajstić information content (AvgIpc) is 3.25. The minimum atomic E-state index is -0.342. The molecule has 0 radical (unpaired) electrons. The van der Waals surface area contributed by atoms with Crippen molar-refractivity contribution in [3.8, 4) is 0 Å². The van der Waals surface area contributed by atoms with Crippen molar-refractivity contribution in [2.24, 2.45) is 0 Å². The maximum absolute atomic E-state index is 13.6. The third-order valence-electron chi connectivity index (χ3n) is 5.35. The topological polar surface area (TPSA) is 83.3 Å². The molecule has 0 bridgehead atoms. The van der Waals surface area contributed by atoms with E-state index >= 15 is 0 Å². The second-order valence-electron chi connectivity index (χ2n) is 7.66. The van der Waals surface area contributed by atoms with E-state index in [4.69, 9.17) is 4.98 Å². The maximum Gasteiger partial charge on any atom is 0.232 e. The van der Waals surface area contributed by atoms with Gasteiger partial charge in [-0.1, -0.05) is 0 Å². The van der Waals surface area contributed by atoms with E-state index in [1.54, 1.807) is 19.2 Å². The number of nitrogens with one attached hydrogen (secondary N) is 2. The van der Waals surface area contributed by atoms with Crippen molar-refractivity contribution in [2.75, 3.05) is 28.6 Å². The van der Waals surface area contributed by atoms with Crippen LogP contribution < -0.4 is 15.5 Å². The summed E-state index contributed by atoms with van der Waals surface area (Å²) in [4.78, 5) is 20.0. The molecule has 0 aromatic carbocycles. The Morgan fingerprint density at radius 3 is 2.65 bits per heavy atom. The Hall–Kier alpha value is -3.75. The van der Waals surface area contributed by atoms with Crippen LogP contribution in [0.4, 0.5) is 33.5 Å². The fourth-order valence-corrected chi connectivity index (χ4v) is 3.70. The molecule has 31 heavy (non-hydrogen) atoms. The number of anilines is 5. The largest absolute Gasteiger partial charge is 0.356 e. The zero-order valence-corrected chi connectivity index (χ0v) is 17.2. The van der Waals surface area contributed by atoms with E-state index in [2.05, 4.69) is 30.5 Å². The van der Waals surface area contributed by atoms with E-state index in [0.29, 0.717) is 23.1 Å². The lowest BCUT2D eigenvalue weighted by atomic mass is 10.1. The maximum atomic E-state index is 13.6. The van der Waals surface area contributed by atoms with Gasteiger partial charge < -0.3 is 19.9 Å². The Labute approximate surface area is 179 Å². The fourth-order valence-electron chi connectivity index (χ4n) is 3.70. The second-order valence-corrected chi connectivity index (χ2v) is 7.66. The van der Waals surface area contributed by atoms with Gasteiger partial charge in [-0.3, -0.25) is 0 Å². The highest BCUT2D eigenvalue weighted by atomic mass is 19.1. The van der Waals surface area contributed by atoms with Crippen LogP contribution in [0.25, 0.3) is 5.65 Å². The molecular weight excluding hydrogens is 395 g/mol. The van der Waals surface area contributed by atoms with Crippen LogP contribution in [-0.4, -0.2) is 37.4 Å². The van der Waals surface area contributed by atoms with Crippen molar-refractivity contribution in [3.63, 3.8) is 0 Å². The average molecular weight is 418 g/mol. The molecule has 0 atom stereocenters. The van der Waals surface area contributed by atoms with Gasteiger partial charge in [0.05, 0.1) is 6.20 Å². The van der Waals surface area contributed by atoms with E-state index in [-0.39, 0.29) is 5.82 Å². The minimum absolute atomic E-state index is 0.342. The van der Waals surface area contributed by atoms with Gasteiger partial charge in [0.1, 0.15) is 28.9 Å². The summed E-state index contributed by atoms with van der Waals surface area (Å²) >= 11 is 0. The molecule has 4 aromatic heterocycles. The number of imidazole rings is 1. The van der Waals surface area contributed by atoms with E-state index < -0.39 is 0 Å². The molecule has 5 heterocycles. The van der Waals surface area contributed by atoms with Crippen LogP contribution in [0.5, 0.6) is 0 Å². The first kappa shape index (κ1) is 19.2. The van der Waals surface area contributed by atoms with Gasteiger partial charge in [-0.2, -0.15) is 9.97 Å². The number of hydrogen-bond donors (Lipinski definition) is 2. The van der Waals surface area contributed by atoms with E-state index in [9.17, 15) is 4.39 Å². The zero-order chi connectivity index (χ0) is 21.2. The number of nitrogens with zero attached hydrogens (tertiary/aromatic N) is 6. The summed E-state index contributed by atoms with van der Waals surface area (Å²) in [6, 6.07) is 7.53. The molecule has 1 aliphatic rings. The summed E-state index contributed by atoms with van der Waals surface area (Å²) in [5.74, 6) is 2.07. The molecule has 1 aliphatic heterocycles. The summed E-state index contributed by atoms with van der Waals surface area (Å²) in [6.07, 6.45) is 10.3. The molecular formula is C22H23FN8. The molecule has 0 spiro atoms. The highest BCUT2D eigenvalue weighted by Crippen LogP contribution is 2.26. The highest BCUT2D eigenvalue weighted by Gasteiger charge is 2.16. The number of aryl methyl sites for hydroxylation is 1. The monoisotopic (exact) mass is 418 g/mol. The number of rotatable bonds is 5. The van der Waals surface area contributed by atoms with Gasteiger partial charge in [0.15, 0.2) is 0 Å². The van der Waals surface area contributed by atoms with E-state index in [0.717, 1.165) is 43.1 Å². The van der Waals surface area contributed by atoms with Gasteiger partial charge >= 0.3 is 0 Å². The number of hydrogen-bond acceptors (Lipinski definition) is 7. The molecule has 0 amide bonds. The van der Waals surface area contributed by atoms with Crippen molar-refractivity contribution in [1.82, 2.24) is 24.3 Å². The van der Waals surface area contributed by atoms with Crippen LogP contribution in [0.15, 0.2) is 49.1 Å². The smallest absolute Gasteiger partial charge is 0.232 e. The third kappa shape index (κ3) is 4.25. The Balaban J connectivity index is 1.47. The molecule has 1 fully saturated rings. The van der Waals surface area contributed by atoms with Gasteiger partial charge in [-0.15, -0.1) is 0 Å². The summed E-state index contributed by atoms with van der Waals surface area (Å²) in [5, 5.41) is 6.48. The molecule has 9 heteroatoms. The predicted octanol–water partition coefficient (Wildman–Crippen LogP) is 4.44. The van der Waals surface area contributed by atoms with Crippen molar-refractivity contribution in [1.29, 1.82) is 0 Å². The van der Waals surface area contributed by atoms with Gasteiger partial charge in [0.2, 0.25) is 5.95 Å². The molecule has 2 N–H and O–H groups in total. The van der Waals surface area contributed by atoms with E-state index in [1.807, 2.05) is 35.0 Å². The van der Waals surface area contributed by atoms with Crippen LogP contribution in [-0.2, 0) is 0 Å². The highest BCUT2D eigenvalue weighted by molar-refractivity contribution is 5.65. The number of piperidine rings is 1. The summed E-state index contributed by atoms with van der Waals surface area (Å²) in [6.45, 7) is 3.62. The Morgan fingerprint density at radius 2 is 1.81 bits per heavy atom. The van der Waals surface area contributed by atoms with Crippen LogP contribution in [0.3, 0.4) is 0 Å². The first-order valence-corrected chi connectivity index (χ1v) is 10.4. The number of pyridine rings is 2. The first-order valence-electron chi connectivity index (χ1n) is 10.4. The quantitative estimate of drug-likeness (QED) is 0.496. The summed E-state index contributed by atoms with van der Waals surface area (Å²) < 4.78 is 15.5. The van der Waals surface area contributed by atoms with Crippen molar-refractivity contribution >= 4 is 34.7 Å². The molecule has 4 aromatic rings. The Bertz CT molecular complexity index is 1220. The standard InChI is InChI=1S/C22H23FN8/c1-15-11-18(25-14-17(15)23)27-22-28-19(13-21(29-22)30-7-3-2-4-8-30)26-16-5-9-31-10-6-24-20(31)12-16/h5-6,9-14H,2-4,7-8H2,1H3,(H2,25,26,27,28,29). The third-order valence-corrected chi connectivity index (χ3v) is 5.35. The molecule has 8 nitrogen and oxygen atoms in total. The SMILES string of the molecule is Cc1cc(Nc2nc(Nc3ccn4ccnc4c3)cc(N3CCCCC3)n2)ncc1F. The Morgan fingerprint density at radius 1 is 0.935 bits per heavy atom. The molecule has 0 saturated carbocycles. The number of fused-ring (bicyclic) bond motifs is 1. The molecule has 0 aliphatic carbocycles. The fraction of sp³-hybridized carbons (Fsp3) is 0.273. The lowest BCUT2D eigenvalue weighted by Gasteiger charge is -2.28. The lowest BCUT2D eigenvalue weighted by molar-refractivity contribution is 0.573. The normalized spacial score (nSPS) is 14.1. The van der Waals surface area contributed by atoms with Gasteiger partial charge in [-0.05, 0) is 43.9 Å². The predicted molar refractivity (Wildman–Crippen MR) is 119 cm³/mol. The summed E-state index contributed by atoms with van der Waals surface area (Å²) in [7, 11) is 0. The van der Waals surface area contributed by atoms with Crippen molar-refractivity contribution < 1.29 is 4.39 Å². The first-order chi connectivity index (χ1) is 15.1. The van der Waals surface area contributed by atoms with Crippen LogP contribution in [0, 0.1) is 12.7 Å². The lowest BCUT2D eigenvalue weighted by Crippen LogP contribution is -2.30. The second kappa shape index (κ2) is 8.17. The Kier molecular flexibility index (Phi) is 5.07. The molecule has 5 rings (SSSR count). The van der Waals surface area contributed by atoms with Crippen LogP contribution >= 0.6 is 0 Å². The zero-order valence-electron chi connectivity index (χ0n) is 17.2. The van der Waals surface area contributed by atoms with Crippen LogP contribution in [0.1, 0.15) is 24.8 Å². The molecule has 158 valence electrons. The van der Waals surface area contributed by atoms with Crippen LogP contribution in [0.2, 0.25) is 0 Å². The van der Waals surface area contributed by atoms with Gasteiger partial charge in [0, 0.05) is 49.5 Å². The minimum Gasteiger partial charge on any atom is -0.356 e.